The van der Waals surface area contributed by atoms with Gasteiger partial charge in [0.2, 0.25) is 0 Å². The molecule has 0 heteroatoms. The molecule has 0 nitrogen and oxygen atoms in total. The third-order valence-electron chi connectivity index (χ3n) is 10.7. The van der Waals surface area contributed by atoms with Gasteiger partial charge in [-0.1, -0.05) is 137 Å². The summed E-state index contributed by atoms with van der Waals surface area (Å²) in [7, 11) is 0. The summed E-state index contributed by atoms with van der Waals surface area (Å²) in [6, 6.07) is 49.0. The molecule has 2 aliphatic carbocycles. The second-order valence-electron chi connectivity index (χ2n) is 14.0. The van der Waals surface area contributed by atoms with Gasteiger partial charge in [-0.2, -0.15) is 0 Å². The molecule has 9 rings (SSSR count). The SMILES string of the molecule is CC1(C)c2cc(C#Cc3ccc(-c4cccc5ccccc45)cc3)ccc2-c2cc3c(cc21)-c1c(ccc2ccccc12)C3(C)C. The first-order valence-corrected chi connectivity index (χ1v) is 16.3. The van der Waals surface area contributed by atoms with Crippen molar-refractivity contribution in [1.29, 1.82) is 0 Å². The summed E-state index contributed by atoms with van der Waals surface area (Å²) >= 11 is 0. The number of fused-ring (bicyclic) bond motifs is 9. The van der Waals surface area contributed by atoms with Gasteiger partial charge in [-0.3, -0.25) is 0 Å². The van der Waals surface area contributed by atoms with Gasteiger partial charge in [0.25, 0.3) is 0 Å². The summed E-state index contributed by atoms with van der Waals surface area (Å²) in [5.74, 6) is 6.93. The van der Waals surface area contributed by atoms with E-state index in [1.54, 1.807) is 0 Å². The fourth-order valence-corrected chi connectivity index (χ4v) is 8.16. The lowest BCUT2D eigenvalue weighted by Crippen LogP contribution is -2.17. The summed E-state index contributed by atoms with van der Waals surface area (Å²) in [6.07, 6.45) is 0. The molecule has 0 atom stereocenters. The molecule has 0 saturated carbocycles. The minimum absolute atomic E-state index is 0.0504. The molecule has 0 aliphatic heterocycles. The molecule has 7 aromatic carbocycles. The summed E-state index contributed by atoms with van der Waals surface area (Å²) in [4.78, 5) is 0. The lowest BCUT2D eigenvalue weighted by Gasteiger charge is -2.24. The lowest BCUT2D eigenvalue weighted by atomic mass is 9.79. The molecule has 0 fully saturated rings. The van der Waals surface area contributed by atoms with Crippen molar-refractivity contribution in [3.8, 4) is 45.2 Å². The van der Waals surface area contributed by atoms with E-state index < -0.39 is 0 Å². The molecule has 2 aliphatic rings. The van der Waals surface area contributed by atoms with Crippen molar-refractivity contribution in [2.45, 2.75) is 38.5 Å². The Kier molecular flexibility index (Phi) is 5.61. The van der Waals surface area contributed by atoms with E-state index in [2.05, 4.69) is 173 Å². The Hall–Kier alpha value is -5.38. The highest BCUT2D eigenvalue weighted by Gasteiger charge is 2.42. The molecular formula is C46H34. The minimum Gasteiger partial charge on any atom is -0.0617 e. The van der Waals surface area contributed by atoms with E-state index in [1.165, 1.54) is 77.2 Å². The first kappa shape index (κ1) is 27.0. The molecular weight excluding hydrogens is 553 g/mol. The Bertz CT molecular complexity index is 2450. The smallest absolute Gasteiger partial charge is 0.0252 e. The molecule has 0 saturated heterocycles. The zero-order valence-electron chi connectivity index (χ0n) is 26.7. The third kappa shape index (κ3) is 3.82. The predicted octanol–water partition coefficient (Wildman–Crippen LogP) is 11.7. The van der Waals surface area contributed by atoms with Crippen LogP contribution in [-0.4, -0.2) is 0 Å². The van der Waals surface area contributed by atoms with E-state index in [1.807, 2.05) is 0 Å². The first-order valence-electron chi connectivity index (χ1n) is 16.3. The van der Waals surface area contributed by atoms with Gasteiger partial charge in [0.05, 0.1) is 0 Å². The molecule has 0 amide bonds. The van der Waals surface area contributed by atoms with Crippen molar-refractivity contribution in [3.05, 3.63) is 167 Å². The number of hydrogen-bond acceptors (Lipinski definition) is 0. The van der Waals surface area contributed by atoms with Crippen molar-refractivity contribution in [2.24, 2.45) is 0 Å². The molecule has 0 N–H and O–H groups in total. The quantitative estimate of drug-likeness (QED) is 0.168. The second kappa shape index (κ2) is 9.56. The lowest BCUT2D eigenvalue weighted by molar-refractivity contribution is 0.652. The number of rotatable bonds is 1. The highest BCUT2D eigenvalue weighted by Crippen LogP contribution is 2.57. The van der Waals surface area contributed by atoms with Crippen LogP contribution in [0.2, 0.25) is 0 Å². The second-order valence-corrected chi connectivity index (χ2v) is 14.0. The van der Waals surface area contributed by atoms with Crippen LogP contribution in [0, 0.1) is 11.8 Å². The molecule has 7 aromatic rings. The summed E-state index contributed by atoms with van der Waals surface area (Å²) in [5.41, 5.74) is 15.5. The zero-order valence-corrected chi connectivity index (χ0v) is 26.7. The highest BCUT2D eigenvalue weighted by atomic mass is 14.4. The topological polar surface area (TPSA) is 0 Å². The van der Waals surface area contributed by atoms with Crippen LogP contribution in [0.5, 0.6) is 0 Å². The Morgan fingerprint density at radius 3 is 1.78 bits per heavy atom. The van der Waals surface area contributed by atoms with Gasteiger partial charge in [0, 0.05) is 22.0 Å². The van der Waals surface area contributed by atoms with E-state index in [4.69, 9.17) is 0 Å². The van der Waals surface area contributed by atoms with Crippen LogP contribution < -0.4 is 0 Å². The Labute approximate surface area is 271 Å². The summed E-state index contributed by atoms with van der Waals surface area (Å²) in [5, 5.41) is 5.19. The Morgan fingerprint density at radius 2 is 0.978 bits per heavy atom. The Morgan fingerprint density at radius 1 is 0.391 bits per heavy atom. The predicted molar refractivity (Wildman–Crippen MR) is 194 cm³/mol. The molecule has 0 spiro atoms. The van der Waals surface area contributed by atoms with Gasteiger partial charge in [0.15, 0.2) is 0 Å². The number of benzene rings is 7. The van der Waals surface area contributed by atoms with Crippen molar-refractivity contribution < 1.29 is 0 Å². The molecule has 46 heavy (non-hydrogen) atoms. The van der Waals surface area contributed by atoms with Crippen LogP contribution in [-0.2, 0) is 10.8 Å². The van der Waals surface area contributed by atoms with Crippen LogP contribution >= 0.6 is 0 Å². The van der Waals surface area contributed by atoms with Crippen molar-refractivity contribution >= 4 is 21.5 Å². The molecule has 0 unspecified atom stereocenters. The van der Waals surface area contributed by atoms with Gasteiger partial charge in [-0.05, 0) is 114 Å². The maximum atomic E-state index is 3.49. The zero-order chi connectivity index (χ0) is 31.2. The maximum absolute atomic E-state index is 3.49. The normalized spacial score (nSPS) is 14.7. The van der Waals surface area contributed by atoms with Crippen LogP contribution in [0.3, 0.4) is 0 Å². The van der Waals surface area contributed by atoms with Gasteiger partial charge < -0.3 is 0 Å². The summed E-state index contributed by atoms with van der Waals surface area (Å²) in [6.45, 7) is 9.51. The van der Waals surface area contributed by atoms with Crippen molar-refractivity contribution in [1.82, 2.24) is 0 Å². The molecule has 0 aromatic heterocycles. The average molecular weight is 587 g/mol. The van der Waals surface area contributed by atoms with Gasteiger partial charge in [0.1, 0.15) is 0 Å². The molecule has 0 bridgehead atoms. The maximum Gasteiger partial charge on any atom is 0.0252 e. The Balaban J connectivity index is 1.08. The van der Waals surface area contributed by atoms with Crippen LogP contribution in [0.1, 0.15) is 61.1 Å². The van der Waals surface area contributed by atoms with Crippen molar-refractivity contribution in [2.75, 3.05) is 0 Å². The summed E-state index contributed by atoms with van der Waals surface area (Å²) < 4.78 is 0. The monoisotopic (exact) mass is 586 g/mol. The van der Waals surface area contributed by atoms with E-state index in [0.717, 1.165) is 11.1 Å². The average Bonchev–Trinajstić information content (AvgIpc) is 3.45. The largest absolute Gasteiger partial charge is 0.0617 e. The fraction of sp³-hybridized carbons (Fsp3) is 0.130. The molecule has 0 heterocycles. The van der Waals surface area contributed by atoms with Gasteiger partial charge in [-0.15, -0.1) is 0 Å². The van der Waals surface area contributed by atoms with Crippen LogP contribution in [0.4, 0.5) is 0 Å². The highest BCUT2D eigenvalue weighted by molar-refractivity contribution is 6.03. The van der Waals surface area contributed by atoms with E-state index in [-0.39, 0.29) is 10.8 Å². The van der Waals surface area contributed by atoms with E-state index >= 15 is 0 Å². The van der Waals surface area contributed by atoms with Gasteiger partial charge >= 0.3 is 0 Å². The molecule has 0 radical (unpaired) electrons. The standard InChI is InChI=1S/C46H34/c1-45(2)40-25-23-32-11-6-8-14-36(32)44(40)39-28-42-38(27-43(39)45)37-24-20-30(26-41(37)46(42,3)4)17-16-29-18-21-33(22-19-29)35-15-9-12-31-10-5-7-13-34(31)35/h5-15,18-28H,1-4H3. The van der Waals surface area contributed by atoms with Crippen LogP contribution in [0.25, 0.3) is 54.9 Å². The van der Waals surface area contributed by atoms with E-state index in [0.29, 0.717) is 0 Å². The van der Waals surface area contributed by atoms with Crippen molar-refractivity contribution in [3.63, 3.8) is 0 Å². The van der Waals surface area contributed by atoms with Gasteiger partial charge in [-0.25, -0.2) is 0 Å². The van der Waals surface area contributed by atoms with Crippen LogP contribution in [0.15, 0.2) is 133 Å². The van der Waals surface area contributed by atoms with E-state index in [9.17, 15) is 0 Å². The fourth-order valence-electron chi connectivity index (χ4n) is 8.16. The minimum atomic E-state index is -0.116. The first-order chi connectivity index (χ1) is 22.3. The third-order valence-corrected chi connectivity index (χ3v) is 10.7. The molecule has 218 valence electrons. The number of hydrogen-bond donors (Lipinski definition) is 0.